The first-order valence-electron chi connectivity index (χ1n) is 13.5. The molecule has 38 heavy (non-hydrogen) atoms. The van der Waals surface area contributed by atoms with Crippen molar-refractivity contribution >= 4 is 23.5 Å². The van der Waals surface area contributed by atoms with Crippen molar-refractivity contribution in [1.29, 1.82) is 0 Å². The molecule has 0 heterocycles. The maximum absolute atomic E-state index is 12.4. The molecule has 2 rings (SSSR count). The van der Waals surface area contributed by atoms with Crippen LogP contribution in [-0.4, -0.2) is 29.7 Å². The molecule has 1 unspecified atom stereocenters. The smallest absolute Gasteiger partial charge is 0.384 e. The van der Waals surface area contributed by atoms with E-state index < -0.39 is 18.0 Å². The molecule has 0 aromatic heterocycles. The average Bonchev–Trinajstić information content (AvgIpc) is 2.91. The van der Waals surface area contributed by atoms with Crippen molar-refractivity contribution in [2.45, 2.75) is 91.2 Å². The molecular formula is C31H40ClNO5. The molecule has 0 spiro atoms. The van der Waals surface area contributed by atoms with Crippen LogP contribution < -0.4 is 0 Å². The molecule has 0 aliphatic heterocycles. The highest BCUT2D eigenvalue weighted by Gasteiger charge is 2.23. The Morgan fingerprint density at radius 2 is 1.71 bits per heavy atom. The summed E-state index contributed by atoms with van der Waals surface area (Å²) in [7, 11) is 0. The Hall–Kier alpha value is -2.85. The van der Waals surface area contributed by atoms with Gasteiger partial charge in [0.2, 0.25) is 6.10 Å². The predicted molar refractivity (Wildman–Crippen MR) is 150 cm³/mol. The standard InChI is InChI=1S/C31H40ClNO5/c1-4-6-7-8-9-10-11-12-14-26-17-19-28(20-18-26)24-33(22-21-27-15-13-16-29(32)23-27)38-37-31(35)30(5-2)36-25(3)34/h13,15-20,23,30H,4-11,21-22,24H2,1-3H3. The summed E-state index contributed by atoms with van der Waals surface area (Å²) in [5.74, 6) is 5.19. The number of carbonyl (C=O) groups is 2. The van der Waals surface area contributed by atoms with Gasteiger partial charge in [-0.3, -0.25) is 9.68 Å². The third kappa shape index (κ3) is 13.1. The van der Waals surface area contributed by atoms with Crippen LogP contribution in [0.15, 0.2) is 48.5 Å². The number of benzene rings is 2. The Morgan fingerprint density at radius 1 is 0.974 bits per heavy atom. The van der Waals surface area contributed by atoms with Crippen molar-refractivity contribution in [3.63, 3.8) is 0 Å². The Labute approximate surface area is 232 Å². The minimum absolute atomic E-state index is 0.283. The van der Waals surface area contributed by atoms with Gasteiger partial charge in [-0.25, -0.2) is 4.79 Å². The van der Waals surface area contributed by atoms with E-state index >= 15 is 0 Å². The summed E-state index contributed by atoms with van der Waals surface area (Å²) in [4.78, 5) is 34.1. The number of carbonyl (C=O) groups excluding carboxylic acids is 2. The van der Waals surface area contributed by atoms with Crippen LogP contribution in [0.25, 0.3) is 0 Å². The SMILES string of the molecule is CCCCCCCCC#Cc1ccc(CN(CCc2cccc(Cl)c2)OOC(=O)C(CC)OC(C)=O)cc1. The summed E-state index contributed by atoms with van der Waals surface area (Å²) in [5.41, 5.74) is 2.96. The topological polar surface area (TPSA) is 65.1 Å². The van der Waals surface area contributed by atoms with E-state index in [9.17, 15) is 9.59 Å². The minimum atomic E-state index is -1.02. The molecule has 0 N–H and O–H groups in total. The largest absolute Gasteiger partial charge is 0.450 e. The third-order valence-corrected chi connectivity index (χ3v) is 6.14. The molecule has 0 radical (unpaired) electrons. The van der Waals surface area contributed by atoms with Gasteiger partial charge in [0.1, 0.15) is 0 Å². The van der Waals surface area contributed by atoms with Gasteiger partial charge in [0.15, 0.2) is 0 Å². The van der Waals surface area contributed by atoms with Crippen LogP contribution in [0.5, 0.6) is 0 Å². The van der Waals surface area contributed by atoms with Gasteiger partial charge >= 0.3 is 11.9 Å². The molecule has 0 aliphatic rings. The van der Waals surface area contributed by atoms with Crippen molar-refractivity contribution in [2.75, 3.05) is 6.54 Å². The maximum Gasteiger partial charge on any atom is 0.384 e. The van der Waals surface area contributed by atoms with Gasteiger partial charge in [-0.15, -0.1) is 5.06 Å². The van der Waals surface area contributed by atoms with Crippen LogP contribution in [0.1, 0.15) is 88.8 Å². The second kappa shape index (κ2) is 18.4. The zero-order valence-electron chi connectivity index (χ0n) is 22.8. The zero-order valence-corrected chi connectivity index (χ0v) is 23.6. The Bertz CT molecular complexity index is 1040. The quantitative estimate of drug-likeness (QED) is 0.0735. The van der Waals surface area contributed by atoms with E-state index in [-0.39, 0.29) is 6.42 Å². The van der Waals surface area contributed by atoms with Gasteiger partial charge in [0.25, 0.3) is 0 Å². The van der Waals surface area contributed by atoms with Gasteiger partial charge in [-0.2, -0.15) is 0 Å². The molecule has 206 valence electrons. The maximum atomic E-state index is 12.4. The van der Waals surface area contributed by atoms with E-state index in [4.69, 9.17) is 26.2 Å². The number of halogens is 1. The van der Waals surface area contributed by atoms with Gasteiger partial charge in [0, 0.05) is 30.5 Å². The van der Waals surface area contributed by atoms with Crippen molar-refractivity contribution in [3.8, 4) is 11.8 Å². The molecule has 0 saturated carbocycles. The summed E-state index contributed by atoms with van der Waals surface area (Å²) < 4.78 is 5.00. The summed E-state index contributed by atoms with van der Waals surface area (Å²) in [6.07, 6.45) is 8.37. The van der Waals surface area contributed by atoms with Gasteiger partial charge in [-0.1, -0.05) is 98.6 Å². The van der Waals surface area contributed by atoms with Crippen molar-refractivity contribution in [1.82, 2.24) is 5.06 Å². The molecule has 2 aromatic carbocycles. The minimum Gasteiger partial charge on any atom is -0.450 e. The molecule has 2 aromatic rings. The van der Waals surface area contributed by atoms with Gasteiger partial charge in [0.05, 0.1) is 6.54 Å². The predicted octanol–water partition coefficient (Wildman–Crippen LogP) is 7.22. The lowest BCUT2D eigenvalue weighted by Gasteiger charge is -2.21. The van der Waals surface area contributed by atoms with E-state index in [0.29, 0.717) is 24.5 Å². The molecule has 0 amide bonds. The van der Waals surface area contributed by atoms with Gasteiger partial charge in [-0.05, 0) is 54.7 Å². The normalized spacial score (nSPS) is 11.5. The van der Waals surface area contributed by atoms with E-state index in [1.165, 1.54) is 39.0 Å². The summed E-state index contributed by atoms with van der Waals surface area (Å²) in [5, 5.41) is 2.21. The van der Waals surface area contributed by atoms with E-state index in [0.717, 1.165) is 29.5 Å². The average molecular weight is 542 g/mol. The van der Waals surface area contributed by atoms with Crippen LogP contribution in [0.4, 0.5) is 0 Å². The zero-order chi connectivity index (χ0) is 27.6. The second-order valence-corrected chi connectivity index (χ2v) is 9.68. The summed E-state index contributed by atoms with van der Waals surface area (Å²) in [6.45, 7) is 6.02. The van der Waals surface area contributed by atoms with Crippen LogP contribution in [0.3, 0.4) is 0 Å². The molecule has 0 bridgehead atoms. The van der Waals surface area contributed by atoms with Gasteiger partial charge < -0.3 is 4.74 Å². The number of unbranched alkanes of at least 4 members (excludes halogenated alkanes) is 6. The molecule has 0 fully saturated rings. The van der Waals surface area contributed by atoms with Crippen LogP contribution in [-0.2, 0) is 37.2 Å². The highest BCUT2D eigenvalue weighted by molar-refractivity contribution is 6.30. The van der Waals surface area contributed by atoms with E-state index in [1.54, 1.807) is 12.0 Å². The van der Waals surface area contributed by atoms with Crippen molar-refractivity contribution in [2.24, 2.45) is 0 Å². The number of esters is 1. The Morgan fingerprint density at radius 3 is 2.39 bits per heavy atom. The monoisotopic (exact) mass is 541 g/mol. The fourth-order valence-corrected chi connectivity index (χ4v) is 4.00. The molecule has 0 aliphatic carbocycles. The molecular weight excluding hydrogens is 502 g/mol. The fourth-order valence-electron chi connectivity index (χ4n) is 3.79. The lowest BCUT2D eigenvalue weighted by atomic mass is 10.1. The molecule has 6 nitrogen and oxygen atoms in total. The lowest BCUT2D eigenvalue weighted by molar-refractivity contribution is -0.404. The second-order valence-electron chi connectivity index (χ2n) is 9.24. The number of hydroxylamine groups is 2. The fraction of sp³-hybridized carbons (Fsp3) is 0.484. The molecule has 0 saturated heterocycles. The van der Waals surface area contributed by atoms with Crippen LogP contribution in [0, 0.1) is 11.8 Å². The Kier molecular flexibility index (Phi) is 15.2. The van der Waals surface area contributed by atoms with Crippen molar-refractivity contribution in [3.05, 3.63) is 70.2 Å². The number of nitrogens with zero attached hydrogens (tertiary/aromatic N) is 1. The number of hydrogen-bond donors (Lipinski definition) is 0. The third-order valence-electron chi connectivity index (χ3n) is 5.91. The first-order valence-corrected chi connectivity index (χ1v) is 13.9. The highest BCUT2D eigenvalue weighted by Crippen LogP contribution is 2.14. The van der Waals surface area contributed by atoms with Crippen molar-refractivity contribution < 1.29 is 24.2 Å². The molecule has 7 heteroatoms. The Balaban J connectivity index is 1.95. The molecule has 1 atom stereocenters. The number of rotatable bonds is 16. The first-order chi connectivity index (χ1) is 18.4. The van der Waals surface area contributed by atoms with Crippen LogP contribution >= 0.6 is 11.6 Å². The van der Waals surface area contributed by atoms with E-state index in [1.807, 2.05) is 48.5 Å². The summed E-state index contributed by atoms with van der Waals surface area (Å²) in [6, 6.07) is 15.5. The first kappa shape index (κ1) is 31.4. The lowest BCUT2D eigenvalue weighted by Crippen LogP contribution is -2.32. The summed E-state index contributed by atoms with van der Waals surface area (Å²) >= 11 is 6.11. The number of hydrogen-bond acceptors (Lipinski definition) is 6. The van der Waals surface area contributed by atoms with Crippen LogP contribution in [0.2, 0.25) is 5.02 Å². The van der Waals surface area contributed by atoms with E-state index in [2.05, 4.69) is 18.8 Å². The highest BCUT2D eigenvalue weighted by atomic mass is 35.5. The number of ether oxygens (including phenoxy) is 1.